The van der Waals surface area contributed by atoms with Crippen LogP contribution in [0.1, 0.15) is 151 Å². The van der Waals surface area contributed by atoms with E-state index in [1.807, 2.05) is 13.8 Å². The Morgan fingerprint density at radius 1 is 0.700 bits per heavy atom. The van der Waals surface area contributed by atoms with Crippen molar-refractivity contribution in [2.75, 3.05) is 6.61 Å². The maximum absolute atomic E-state index is 11.3. The molecule has 0 spiro atoms. The largest absolute Gasteiger partial charge is 0.507 e. The van der Waals surface area contributed by atoms with E-state index in [9.17, 15) is 10.2 Å². The molecule has 2 heteroatoms. The van der Waals surface area contributed by atoms with E-state index in [1.54, 1.807) is 0 Å². The molecule has 1 aliphatic carbocycles. The normalized spacial score (nSPS) is 13.2. The molecule has 0 amide bonds. The van der Waals surface area contributed by atoms with Crippen LogP contribution < -0.4 is 0 Å². The minimum absolute atomic E-state index is 0.0495. The smallest absolute Gasteiger partial charge is 0.122 e. The molecule has 40 heavy (non-hydrogen) atoms. The quantitative estimate of drug-likeness (QED) is 0.225. The van der Waals surface area contributed by atoms with Crippen molar-refractivity contribution >= 4 is 0 Å². The van der Waals surface area contributed by atoms with Crippen LogP contribution in [0.3, 0.4) is 0 Å². The van der Waals surface area contributed by atoms with Gasteiger partial charge in [-0.15, -0.1) is 5.73 Å². The van der Waals surface area contributed by atoms with E-state index in [0.717, 1.165) is 56.1 Å². The molecule has 0 unspecified atom stereocenters. The van der Waals surface area contributed by atoms with Crippen LogP contribution in [0.2, 0.25) is 0 Å². The molecular formula is C38H64O2. The van der Waals surface area contributed by atoms with Gasteiger partial charge >= 0.3 is 0 Å². The molecule has 1 aliphatic rings. The predicted octanol–water partition coefficient (Wildman–Crippen LogP) is 11.3. The molecule has 2 nitrogen and oxygen atoms in total. The summed E-state index contributed by atoms with van der Waals surface area (Å²) >= 11 is 0. The number of rotatable bonds is 14. The first-order valence-electron chi connectivity index (χ1n) is 16.3. The highest BCUT2D eigenvalue weighted by Gasteiger charge is 2.25. The first-order chi connectivity index (χ1) is 19.0. The first-order valence-corrected chi connectivity index (χ1v) is 16.3. The van der Waals surface area contributed by atoms with Crippen LogP contribution in [-0.2, 0) is 18.3 Å². The molecular weight excluding hydrogens is 488 g/mol. The number of benzene rings is 1. The van der Waals surface area contributed by atoms with Crippen LogP contribution in [0.5, 0.6) is 5.75 Å². The fraction of sp³-hybridized carbons (Fsp3) is 0.658. The lowest BCUT2D eigenvalue weighted by molar-refractivity contribution is 0.289. The van der Waals surface area contributed by atoms with Crippen LogP contribution in [0.4, 0.5) is 0 Å². The second-order valence-corrected chi connectivity index (χ2v) is 12.2. The summed E-state index contributed by atoms with van der Waals surface area (Å²) in [6.07, 6.45) is 18.1. The van der Waals surface area contributed by atoms with Crippen molar-refractivity contribution in [3.05, 3.63) is 69.5 Å². The molecule has 0 atom stereocenters. The molecule has 0 radical (unpaired) electrons. The Bertz CT molecular complexity index is 979. The Morgan fingerprint density at radius 2 is 1.32 bits per heavy atom. The maximum atomic E-state index is 11.3. The summed E-state index contributed by atoms with van der Waals surface area (Å²) in [5.74, 6) is 0.477. The number of aromatic hydroxyl groups is 1. The molecule has 1 aromatic carbocycles. The number of aliphatic hydroxyl groups excluding tert-OH is 1. The van der Waals surface area contributed by atoms with Gasteiger partial charge in [-0.25, -0.2) is 0 Å². The Morgan fingerprint density at radius 3 is 1.85 bits per heavy atom. The molecule has 0 saturated heterocycles. The average Bonchev–Trinajstić information content (AvgIpc) is 3.18. The van der Waals surface area contributed by atoms with Gasteiger partial charge in [-0.2, -0.15) is 0 Å². The molecule has 0 heterocycles. The second kappa shape index (κ2) is 20.0. The van der Waals surface area contributed by atoms with Crippen molar-refractivity contribution in [2.24, 2.45) is 5.41 Å². The molecule has 0 bridgehead atoms. The standard InChI is InChI=1S/C32H48O2.C4H10.C2H6/c1-8-11-13-26-21-27(30(34)29(23-26)32(6,7)10-3)17-15-24-16-18-28(31(4,5)9-2)22-25(20-24)14-12-19-33;1-3-4-2;1-2/h16,20-23,33-34H,8-15,17,19H2,1-7H3;3-4H2,1-2H3;1-2H3. The summed E-state index contributed by atoms with van der Waals surface area (Å²) in [5.41, 5.74) is 10.8. The zero-order valence-electron chi connectivity index (χ0n) is 28.3. The van der Waals surface area contributed by atoms with Gasteiger partial charge in [0.1, 0.15) is 5.75 Å². The van der Waals surface area contributed by atoms with Crippen molar-refractivity contribution in [1.29, 1.82) is 0 Å². The molecule has 228 valence electrons. The van der Waals surface area contributed by atoms with Crippen LogP contribution in [-0.4, -0.2) is 16.8 Å². The first kappa shape index (κ1) is 38.0. The van der Waals surface area contributed by atoms with Crippen molar-refractivity contribution in [1.82, 2.24) is 0 Å². The third-order valence-electron chi connectivity index (χ3n) is 8.21. The highest BCUT2D eigenvalue weighted by atomic mass is 16.3. The molecule has 0 aliphatic heterocycles. The van der Waals surface area contributed by atoms with Crippen molar-refractivity contribution < 1.29 is 10.2 Å². The highest BCUT2D eigenvalue weighted by Crippen LogP contribution is 2.38. The van der Waals surface area contributed by atoms with E-state index >= 15 is 0 Å². The lowest BCUT2D eigenvalue weighted by Crippen LogP contribution is -2.17. The van der Waals surface area contributed by atoms with E-state index in [-0.39, 0.29) is 17.4 Å². The zero-order valence-corrected chi connectivity index (χ0v) is 28.3. The van der Waals surface area contributed by atoms with Gasteiger partial charge < -0.3 is 10.2 Å². The lowest BCUT2D eigenvalue weighted by Gasteiger charge is -2.26. The van der Waals surface area contributed by atoms with Crippen LogP contribution >= 0.6 is 0 Å². The van der Waals surface area contributed by atoms with Gasteiger partial charge in [0.15, 0.2) is 0 Å². The molecule has 2 rings (SSSR count). The Kier molecular flexibility index (Phi) is 18.9. The number of phenolic OH excluding ortho intramolecular Hbond substituents is 1. The number of hydrogen-bond acceptors (Lipinski definition) is 2. The number of aryl methyl sites for hydroxylation is 2. The number of hydrogen-bond donors (Lipinski definition) is 2. The van der Waals surface area contributed by atoms with Gasteiger partial charge in [0.2, 0.25) is 0 Å². The lowest BCUT2D eigenvalue weighted by atomic mass is 9.79. The van der Waals surface area contributed by atoms with Crippen molar-refractivity contribution in [2.45, 2.75) is 152 Å². The van der Waals surface area contributed by atoms with Crippen molar-refractivity contribution in [3.63, 3.8) is 0 Å². The van der Waals surface area contributed by atoms with Gasteiger partial charge in [-0.1, -0.05) is 114 Å². The minimum atomic E-state index is -0.0495. The summed E-state index contributed by atoms with van der Waals surface area (Å²) in [6, 6.07) is 4.46. The van der Waals surface area contributed by atoms with Crippen molar-refractivity contribution in [3.8, 4) is 5.75 Å². The minimum Gasteiger partial charge on any atom is -0.507 e. The van der Waals surface area contributed by atoms with Gasteiger partial charge in [0.05, 0.1) is 0 Å². The van der Waals surface area contributed by atoms with Crippen LogP contribution in [0, 0.1) is 5.41 Å². The second-order valence-electron chi connectivity index (χ2n) is 12.2. The maximum Gasteiger partial charge on any atom is 0.122 e. The molecule has 1 aromatic rings. The number of unbranched alkanes of at least 4 members (excludes halogenated alkanes) is 2. The summed E-state index contributed by atoms with van der Waals surface area (Å²) in [7, 11) is 0. The Balaban J connectivity index is 0.00000232. The topological polar surface area (TPSA) is 40.5 Å². The van der Waals surface area contributed by atoms with E-state index in [0.29, 0.717) is 5.75 Å². The summed E-state index contributed by atoms with van der Waals surface area (Å²) in [5, 5.41) is 20.6. The van der Waals surface area contributed by atoms with E-state index in [1.165, 1.54) is 48.0 Å². The van der Waals surface area contributed by atoms with Crippen LogP contribution in [0.25, 0.3) is 0 Å². The molecule has 0 saturated carbocycles. The SMILES string of the molecule is CC.CCCC.CCCCc1cc(CCC2=CC(CCCO)=CC(C(C)(C)CC)=C=C2)c(O)c(C(C)(C)CC)c1. The van der Waals surface area contributed by atoms with Gasteiger partial charge in [-0.05, 0) is 102 Å². The third kappa shape index (κ3) is 12.7. The predicted molar refractivity (Wildman–Crippen MR) is 178 cm³/mol. The van der Waals surface area contributed by atoms with E-state index in [4.69, 9.17) is 0 Å². The highest BCUT2D eigenvalue weighted by molar-refractivity contribution is 5.48. The number of allylic oxidation sites excluding steroid dienone is 5. The van der Waals surface area contributed by atoms with E-state index < -0.39 is 0 Å². The number of aliphatic hydroxyl groups is 1. The molecule has 0 fully saturated rings. The van der Waals surface area contributed by atoms with Crippen LogP contribution in [0.15, 0.2) is 52.8 Å². The van der Waals surface area contributed by atoms with Gasteiger partial charge in [-0.3, -0.25) is 0 Å². The average molecular weight is 553 g/mol. The summed E-state index contributed by atoms with van der Waals surface area (Å²) in [4.78, 5) is 0. The molecule has 2 N–H and O–H groups in total. The number of phenols is 1. The fourth-order valence-electron chi connectivity index (χ4n) is 4.33. The third-order valence-corrected chi connectivity index (χ3v) is 8.21. The van der Waals surface area contributed by atoms with E-state index in [2.05, 4.69) is 98.4 Å². The fourth-order valence-corrected chi connectivity index (χ4v) is 4.33. The summed E-state index contributed by atoms with van der Waals surface area (Å²) < 4.78 is 0. The zero-order chi connectivity index (χ0) is 30.8. The Hall–Kier alpha value is -2.02. The molecule has 0 aromatic heterocycles. The monoisotopic (exact) mass is 552 g/mol. The van der Waals surface area contributed by atoms with Gasteiger partial charge in [0.25, 0.3) is 0 Å². The van der Waals surface area contributed by atoms with Gasteiger partial charge in [0, 0.05) is 12.2 Å². The Labute approximate surface area is 249 Å². The summed E-state index contributed by atoms with van der Waals surface area (Å²) in [6.45, 7) is 24.2.